The van der Waals surface area contributed by atoms with E-state index in [-0.39, 0.29) is 0 Å². The van der Waals surface area contributed by atoms with Crippen molar-refractivity contribution in [2.45, 2.75) is 20.3 Å². The van der Waals surface area contributed by atoms with Gasteiger partial charge in [-0.25, -0.2) is 0 Å². The van der Waals surface area contributed by atoms with Gasteiger partial charge in [0.15, 0.2) is 5.58 Å². The highest BCUT2D eigenvalue weighted by molar-refractivity contribution is 5.78. The fourth-order valence-corrected chi connectivity index (χ4v) is 2.54. The number of hydrogen-bond acceptors (Lipinski definition) is 4. The Morgan fingerprint density at radius 2 is 2.11 bits per heavy atom. The van der Waals surface area contributed by atoms with E-state index in [9.17, 15) is 0 Å². The number of oxazole rings is 1. The first-order valence-corrected chi connectivity index (χ1v) is 6.57. The monoisotopic (exact) mass is 245 g/mol. The van der Waals surface area contributed by atoms with Gasteiger partial charge in [-0.05, 0) is 44.0 Å². The van der Waals surface area contributed by atoms with Crippen LogP contribution in [-0.2, 0) is 0 Å². The van der Waals surface area contributed by atoms with Crippen molar-refractivity contribution in [3.8, 4) is 0 Å². The van der Waals surface area contributed by atoms with Crippen LogP contribution in [0.2, 0.25) is 0 Å². The topological polar surface area (TPSA) is 41.3 Å². The molecule has 0 spiro atoms. The van der Waals surface area contributed by atoms with Crippen molar-refractivity contribution in [2.24, 2.45) is 0 Å². The predicted octanol–water partition coefficient (Wildman–Crippen LogP) is 2.24. The van der Waals surface area contributed by atoms with E-state index in [1.54, 1.807) is 0 Å². The molecule has 1 N–H and O–H groups in total. The van der Waals surface area contributed by atoms with Gasteiger partial charge in [0, 0.05) is 19.6 Å². The summed E-state index contributed by atoms with van der Waals surface area (Å²) >= 11 is 0. The number of nitrogens with one attached hydrogen (secondary N) is 1. The zero-order valence-corrected chi connectivity index (χ0v) is 11.0. The van der Waals surface area contributed by atoms with Crippen molar-refractivity contribution >= 4 is 17.1 Å². The summed E-state index contributed by atoms with van der Waals surface area (Å²) in [6, 6.07) is 4.99. The second kappa shape index (κ2) is 4.61. The Labute approximate surface area is 107 Å². The van der Waals surface area contributed by atoms with Crippen molar-refractivity contribution in [1.29, 1.82) is 0 Å². The molecule has 96 valence electrons. The van der Waals surface area contributed by atoms with Crippen molar-refractivity contribution in [2.75, 3.05) is 31.1 Å². The van der Waals surface area contributed by atoms with E-state index in [4.69, 9.17) is 4.42 Å². The first kappa shape index (κ1) is 11.5. The molecule has 4 nitrogen and oxygen atoms in total. The van der Waals surface area contributed by atoms with E-state index in [1.165, 1.54) is 5.56 Å². The van der Waals surface area contributed by atoms with Crippen LogP contribution in [-0.4, -0.2) is 31.2 Å². The summed E-state index contributed by atoms with van der Waals surface area (Å²) in [6.45, 7) is 8.22. The summed E-state index contributed by atoms with van der Waals surface area (Å²) in [5, 5.41) is 3.39. The normalized spacial score (nSPS) is 17.1. The molecule has 1 aromatic carbocycles. The molecule has 2 heterocycles. The van der Waals surface area contributed by atoms with Gasteiger partial charge in [-0.2, -0.15) is 4.98 Å². The molecule has 0 amide bonds. The summed E-state index contributed by atoms with van der Waals surface area (Å²) < 4.78 is 5.94. The zero-order valence-electron chi connectivity index (χ0n) is 11.0. The minimum absolute atomic E-state index is 0.766. The Kier molecular flexibility index (Phi) is 2.96. The first-order valence-electron chi connectivity index (χ1n) is 6.57. The molecule has 0 atom stereocenters. The smallest absolute Gasteiger partial charge is 0.298 e. The van der Waals surface area contributed by atoms with Gasteiger partial charge >= 0.3 is 0 Å². The van der Waals surface area contributed by atoms with Crippen LogP contribution in [0.15, 0.2) is 16.5 Å². The molecule has 0 bridgehead atoms. The van der Waals surface area contributed by atoms with Crippen LogP contribution in [0.1, 0.15) is 17.5 Å². The summed E-state index contributed by atoms with van der Waals surface area (Å²) in [4.78, 5) is 6.86. The molecular formula is C14H19N3O. The van der Waals surface area contributed by atoms with E-state index in [0.717, 1.165) is 55.3 Å². The van der Waals surface area contributed by atoms with Crippen LogP contribution in [0.4, 0.5) is 6.01 Å². The molecule has 1 fully saturated rings. The van der Waals surface area contributed by atoms with E-state index in [2.05, 4.69) is 41.2 Å². The minimum Gasteiger partial charge on any atom is -0.423 e. The van der Waals surface area contributed by atoms with Gasteiger partial charge in [-0.3, -0.25) is 0 Å². The highest BCUT2D eigenvalue weighted by atomic mass is 16.4. The largest absolute Gasteiger partial charge is 0.423 e. The molecule has 0 unspecified atom stereocenters. The van der Waals surface area contributed by atoms with Crippen LogP contribution >= 0.6 is 0 Å². The molecule has 1 aromatic heterocycles. The van der Waals surface area contributed by atoms with Gasteiger partial charge < -0.3 is 14.6 Å². The van der Waals surface area contributed by atoms with Gasteiger partial charge in [0.25, 0.3) is 6.01 Å². The third-order valence-corrected chi connectivity index (χ3v) is 3.42. The Bertz CT molecular complexity index is 553. The molecule has 1 aliphatic heterocycles. The lowest BCUT2D eigenvalue weighted by molar-refractivity contribution is 0.569. The summed E-state index contributed by atoms with van der Waals surface area (Å²) in [6.07, 6.45) is 1.14. The lowest BCUT2D eigenvalue weighted by atomic mass is 10.1. The maximum Gasteiger partial charge on any atom is 0.298 e. The standard InChI is InChI=1S/C14H19N3O/c1-10-8-11(2)13-12(9-10)16-14(18-13)17-6-3-4-15-5-7-17/h8-9,15H,3-7H2,1-2H3. The maximum absolute atomic E-state index is 5.94. The molecule has 18 heavy (non-hydrogen) atoms. The summed E-state index contributed by atoms with van der Waals surface area (Å²) in [7, 11) is 0. The number of aromatic nitrogens is 1. The average molecular weight is 245 g/mol. The SMILES string of the molecule is Cc1cc(C)c2oc(N3CCCNCC3)nc2c1. The second-order valence-corrected chi connectivity index (χ2v) is 5.02. The fourth-order valence-electron chi connectivity index (χ4n) is 2.54. The quantitative estimate of drug-likeness (QED) is 0.836. The minimum atomic E-state index is 0.766. The summed E-state index contributed by atoms with van der Waals surface area (Å²) in [5.74, 6) is 0. The van der Waals surface area contributed by atoms with Crippen LogP contribution < -0.4 is 10.2 Å². The van der Waals surface area contributed by atoms with Crippen LogP contribution in [0.3, 0.4) is 0 Å². The van der Waals surface area contributed by atoms with Crippen molar-refractivity contribution in [3.63, 3.8) is 0 Å². The van der Waals surface area contributed by atoms with Crippen molar-refractivity contribution in [1.82, 2.24) is 10.3 Å². The Hall–Kier alpha value is -1.55. The molecule has 1 aliphatic rings. The number of fused-ring (bicyclic) bond motifs is 1. The highest BCUT2D eigenvalue weighted by Gasteiger charge is 2.16. The highest BCUT2D eigenvalue weighted by Crippen LogP contribution is 2.26. The molecule has 0 radical (unpaired) electrons. The Morgan fingerprint density at radius 1 is 1.22 bits per heavy atom. The maximum atomic E-state index is 5.94. The van der Waals surface area contributed by atoms with Gasteiger partial charge in [0.1, 0.15) is 5.52 Å². The van der Waals surface area contributed by atoms with Gasteiger partial charge in [0.05, 0.1) is 0 Å². The van der Waals surface area contributed by atoms with Gasteiger partial charge in [0.2, 0.25) is 0 Å². The number of nitrogens with zero attached hydrogens (tertiary/aromatic N) is 2. The Morgan fingerprint density at radius 3 is 3.00 bits per heavy atom. The van der Waals surface area contributed by atoms with Crippen LogP contribution in [0, 0.1) is 13.8 Å². The average Bonchev–Trinajstić information content (AvgIpc) is 2.59. The van der Waals surface area contributed by atoms with E-state index < -0.39 is 0 Å². The number of aryl methyl sites for hydroxylation is 2. The van der Waals surface area contributed by atoms with Gasteiger partial charge in [-0.15, -0.1) is 0 Å². The molecule has 0 saturated carbocycles. The molecule has 0 aliphatic carbocycles. The van der Waals surface area contributed by atoms with Crippen molar-refractivity contribution in [3.05, 3.63) is 23.3 Å². The van der Waals surface area contributed by atoms with Crippen LogP contribution in [0.25, 0.3) is 11.1 Å². The lowest BCUT2D eigenvalue weighted by Gasteiger charge is -2.16. The summed E-state index contributed by atoms with van der Waals surface area (Å²) in [5.41, 5.74) is 4.29. The van der Waals surface area contributed by atoms with E-state index in [1.807, 2.05) is 0 Å². The number of hydrogen-bond donors (Lipinski definition) is 1. The second-order valence-electron chi connectivity index (χ2n) is 5.02. The molecule has 1 saturated heterocycles. The molecule has 2 aromatic rings. The number of anilines is 1. The number of benzene rings is 1. The van der Waals surface area contributed by atoms with E-state index >= 15 is 0 Å². The van der Waals surface area contributed by atoms with E-state index in [0.29, 0.717) is 0 Å². The molecule has 4 heteroatoms. The molecule has 3 rings (SSSR count). The first-order chi connectivity index (χ1) is 8.74. The third kappa shape index (κ3) is 2.08. The predicted molar refractivity (Wildman–Crippen MR) is 73.2 cm³/mol. The lowest BCUT2D eigenvalue weighted by Crippen LogP contribution is -2.27. The molecular weight excluding hydrogens is 226 g/mol. The Balaban J connectivity index is 1.99. The number of rotatable bonds is 1. The van der Waals surface area contributed by atoms with Gasteiger partial charge in [-0.1, -0.05) is 6.07 Å². The van der Waals surface area contributed by atoms with Crippen LogP contribution in [0.5, 0.6) is 0 Å². The fraction of sp³-hybridized carbons (Fsp3) is 0.500. The zero-order chi connectivity index (χ0) is 12.5. The third-order valence-electron chi connectivity index (χ3n) is 3.42. The van der Waals surface area contributed by atoms with Crippen molar-refractivity contribution < 1.29 is 4.42 Å².